The summed E-state index contributed by atoms with van der Waals surface area (Å²) in [6, 6.07) is 12.5. The van der Waals surface area contributed by atoms with Crippen LogP contribution < -0.4 is 5.32 Å². The highest BCUT2D eigenvalue weighted by Gasteiger charge is 2.47. The molecule has 1 heterocycles. The molecule has 1 amide bonds. The van der Waals surface area contributed by atoms with Gasteiger partial charge in [-0.25, -0.2) is 4.98 Å². The molecule has 144 valence electrons. The van der Waals surface area contributed by atoms with Gasteiger partial charge in [0.15, 0.2) is 11.7 Å². The maximum Gasteiger partial charge on any atom is 0.416 e. The van der Waals surface area contributed by atoms with E-state index in [0.29, 0.717) is 23.8 Å². The van der Waals surface area contributed by atoms with Gasteiger partial charge in [0.05, 0.1) is 11.8 Å². The largest absolute Gasteiger partial charge is 0.441 e. The van der Waals surface area contributed by atoms with Crippen LogP contribution in [0.1, 0.15) is 29.4 Å². The van der Waals surface area contributed by atoms with E-state index < -0.39 is 23.6 Å². The molecule has 4 rings (SSSR count). The number of benzene rings is 2. The second-order valence-corrected chi connectivity index (χ2v) is 6.84. The number of halogens is 3. The summed E-state index contributed by atoms with van der Waals surface area (Å²) < 4.78 is 45.0. The van der Waals surface area contributed by atoms with Gasteiger partial charge in [-0.1, -0.05) is 18.2 Å². The van der Waals surface area contributed by atoms with Gasteiger partial charge in [0.1, 0.15) is 0 Å². The van der Waals surface area contributed by atoms with Crippen molar-refractivity contribution in [3.63, 3.8) is 0 Å². The lowest BCUT2D eigenvalue weighted by Crippen LogP contribution is -2.15. The number of nitrogens with one attached hydrogen (secondary N) is 1. The Labute approximate surface area is 159 Å². The predicted molar refractivity (Wildman–Crippen MR) is 97.6 cm³/mol. The molecule has 1 aliphatic carbocycles. The van der Waals surface area contributed by atoms with E-state index in [2.05, 4.69) is 10.3 Å². The standard InChI is InChI=1S/C21H17F3N2O2/c1-12-25-11-19(28-12)13-6-8-14(9-7-13)26-20(27)17-10-16(17)15-4-2-3-5-18(15)21(22,23)24/h2-9,11,16-17H,10H2,1H3,(H,26,27). The summed E-state index contributed by atoms with van der Waals surface area (Å²) in [6.07, 6.45) is -2.39. The molecule has 1 fully saturated rings. The van der Waals surface area contributed by atoms with Crippen LogP contribution in [0.15, 0.2) is 59.1 Å². The van der Waals surface area contributed by atoms with Crippen LogP contribution in [0.3, 0.4) is 0 Å². The molecule has 7 heteroatoms. The molecule has 0 radical (unpaired) electrons. The third-order valence-electron chi connectivity index (χ3n) is 4.85. The predicted octanol–water partition coefficient (Wildman–Crippen LogP) is 5.41. The second-order valence-electron chi connectivity index (χ2n) is 6.84. The fraction of sp³-hybridized carbons (Fsp3) is 0.238. The number of rotatable bonds is 4. The Morgan fingerprint density at radius 3 is 2.50 bits per heavy atom. The van der Waals surface area contributed by atoms with Crippen LogP contribution in [0.2, 0.25) is 0 Å². The topological polar surface area (TPSA) is 55.1 Å². The lowest BCUT2D eigenvalue weighted by atomic mass is 10.0. The number of alkyl halides is 3. The van der Waals surface area contributed by atoms with E-state index in [9.17, 15) is 18.0 Å². The molecule has 0 saturated heterocycles. The highest BCUT2D eigenvalue weighted by atomic mass is 19.4. The van der Waals surface area contributed by atoms with E-state index in [4.69, 9.17) is 4.42 Å². The van der Waals surface area contributed by atoms with Gasteiger partial charge in [-0.2, -0.15) is 13.2 Å². The summed E-state index contributed by atoms with van der Waals surface area (Å²) in [6.45, 7) is 1.75. The fourth-order valence-corrected chi connectivity index (χ4v) is 3.35. The van der Waals surface area contributed by atoms with Crippen LogP contribution in [-0.2, 0) is 11.0 Å². The van der Waals surface area contributed by atoms with Crippen molar-refractivity contribution in [3.05, 3.63) is 71.7 Å². The van der Waals surface area contributed by atoms with Gasteiger partial charge < -0.3 is 9.73 Å². The van der Waals surface area contributed by atoms with Crippen LogP contribution in [0.5, 0.6) is 0 Å². The van der Waals surface area contributed by atoms with Gasteiger partial charge >= 0.3 is 6.18 Å². The number of carbonyl (C=O) groups excluding carboxylic acids is 1. The van der Waals surface area contributed by atoms with Crippen molar-refractivity contribution in [1.29, 1.82) is 0 Å². The number of amides is 1. The number of hydrogen-bond acceptors (Lipinski definition) is 3. The number of carbonyl (C=O) groups is 1. The minimum absolute atomic E-state index is 0.186. The fourth-order valence-electron chi connectivity index (χ4n) is 3.35. The quantitative estimate of drug-likeness (QED) is 0.652. The summed E-state index contributed by atoms with van der Waals surface area (Å²) >= 11 is 0. The number of hydrogen-bond donors (Lipinski definition) is 1. The molecule has 1 aromatic heterocycles. The number of anilines is 1. The summed E-state index contributed by atoms with van der Waals surface area (Å²) in [5.74, 6) is 0.0484. The Morgan fingerprint density at radius 2 is 1.86 bits per heavy atom. The summed E-state index contributed by atoms with van der Waals surface area (Å²) in [5, 5.41) is 2.78. The number of oxazole rings is 1. The second kappa shape index (κ2) is 6.82. The zero-order chi connectivity index (χ0) is 19.9. The minimum atomic E-state index is -4.42. The molecule has 1 N–H and O–H groups in total. The molecule has 0 aliphatic heterocycles. The zero-order valence-corrected chi connectivity index (χ0v) is 15.0. The third kappa shape index (κ3) is 3.65. The monoisotopic (exact) mass is 386 g/mol. The maximum absolute atomic E-state index is 13.2. The van der Waals surface area contributed by atoms with E-state index in [1.54, 1.807) is 43.5 Å². The first-order chi connectivity index (χ1) is 13.3. The molecule has 28 heavy (non-hydrogen) atoms. The molecule has 1 saturated carbocycles. The zero-order valence-electron chi connectivity index (χ0n) is 15.0. The van der Waals surface area contributed by atoms with Crippen molar-refractivity contribution >= 4 is 11.6 Å². The first-order valence-electron chi connectivity index (χ1n) is 8.83. The lowest BCUT2D eigenvalue weighted by Gasteiger charge is -2.12. The summed E-state index contributed by atoms with van der Waals surface area (Å²) in [7, 11) is 0. The Kier molecular flexibility index (Phi) is 4.45. The van der Waals surface area contributed by atoms with Crippen LogP contribution in [0.25, 0.3) is 11.3 Å². The number of nitrogens with zero attached hydrogens (tertiary/aromatic N) is 1. The average molecular weight is 386 g/mol. The van der Waals surface area contributed by atoms with Gasteiger partial charge in [0.2, 0.25) is 5.91 Å². The van der Waals surface area contributed by atoms with Gasteiger partial charge in [0, 0.05) is 24.1 Å². The molecule has 2 atom stereocenters. The van der Waals surface area contributed by atoms with Crippen molar-refractivity contribution in [3.8, 4) is 11.3 Å². The first kappa shape index (κ1) is 18.3. The van der Waals surface area contributed by atoms with Crippen molar-refractivity contribution in [2.75, 3.05) is 5.32 Å². The molecule has 1 aliphatic rings. The van der Waals surface area contributed by atoms with E-state index >= 15 is 0 Å². The van der Waals surface area contributed by atoms with Gasteiger partial charge in [-0.3, -0.25) is 4.79 Å². The molecular weight excluding hydrogens is 369 g/mol. The van der Waals surface area contributed by atoms with Crippen LogP contribution >= 0.6 is 0 Å². The normalized spacial score (nSPS) is 18.7. The Balaban J connectivity index is 1.43. The number of aryl methyl sites for hydroxylation is 1. The van der Waals surface area contributed by atoms with Crippen molar-refractivity contribution < 1.29 is 22.4 Å². The molecule has 0 spiro atoms. The first-order valence-corrected chi connectivity index (χ1v) is 8.83. The van der Waals surface area contributed by atoms with E-state index in [0.717, 1.165) is 11.6 Å². The van der Waals surface area contributed by atoms with Crippen molar-refractivity contribution in [2.45, 2.75) is 25.4 Å². The highest BCUT2D eigenvalue weighted by molar-refractivity contribution is 5.95. The smallest absolute Gasteiger partial charge is 0.416 e. The molecular formula is C21H17F3N2O2. The summed E-state index contributed by atoms with van der Waals surface area (Å²) in [5.41, 5.74) is 0.926. The lowest BCUT2D eigenvalue weighted by molar-refractivity contribution is -0.138. The van der Waals surface area contributed by atoms with Crippen molar-refractivity contribution in [1.82, 2.24) is 4.98 Å². The highest BCUT2D eigenvalue weighted by Crippen LogP contribution is 2.51. The third-order valence-corrected chi connectivity index (χ3v) is 4.85. The van der Waals surface area contributed by atoms with Gasteiger partial charge in [0.25, 0.3) is 0 Å². The van der Waals surface area contributed by atoms with E-state index in [1.807, 2.05) is 0 Å². The van der Waals surface area contributed by atoms with Crippen LogP contribution in [-0.4, -0.2) is 10.9 Å². The SMILES string of the molecule is Cc1ncc(-c2ccc(NC(=O)C3CC3c3ccccc3C(F)(F)F)cc2)o1. The van der Waals surface area contributed by atoms with Crippen LogP contribution in [0.4, 0.5) is 18.9 Å². The maximum atomic E-state index is 13.2. The van der Waals surface area contributed by atoms with E-state index in [1.165, 1.54) is 12.1 Å². The van der Waals surface area contributed by atoms with E-state index in [-0.39, 0.29) is 11.5 Å². The Bertz CT molecular complexity index is 1010. The van der Waals surface area contributed by atoms with Crippen LogP contribution in [0, 0.1) is 12.8 Å². The summed E-state index contributed by atoms with van der Waals surface area (Å²) in [4.78, 5) is 16.5. The molecule has 2 unspecified atom stereocenters. The van der Waals surface area contributed by atoms with Crippen molar-refractivity contribution in [2.24, 2.45) is 5.92 Å². The minimum Gasteiger partial charge on any atom is -0.441 e. The molecule has 3 aromatic rings. The van der Waals surface area contributed by atoms with Gasteiger partial charge in [-0.15, -0.1) is 0 Å². The molecule has 0 bridgehead atoms. The Morgan fingerprint density at radius 1 is 1.14 bits per heavy atom. The average Bonchev–Trinajstić information content (AvgIpc) is 3.36. The number of aromatic nitrogens is 1. The Hall–Kier alpha value is -3.09. The van der Waals surface area contributed by atoms with Gasteiger partial charge in [-0.05, 0) is 48.2 Å². The molecule has 2 aromatic carbocycles. The molecule has 4 nitrogen and oxygen atoms in total.